The molecule has 3 nitrogen and oxygen atoms in total. The van der Waals surface area contributed by atoms with Crippen LogP contribution in [0.25, 0.3) is 6.08 Å². The zero-order valence-electron chi connectivity index (χ0n) is 16.3. The van der Waals surface area contributed by atoms with Crippen molar-refractivity contribution in [3.05, 3.63) is 40.9 Å². The van der Waals surface area contributed by atoms with Crippen molar-refractivity contribution >= 4 is 23.6 Å². The Kier molecular flexibility index (Phi) is 7.31. The fourth-order valence-electron chi connectivity index (χ4n) is 3.52. The summed E-state index contributed by atoms with van der Waals surface area (Å²) in [5, 5.41) is 0.710. The van der Waals surface area contributed by atoms with Gasteiger partial charge in [-0.3, -0.25) is 4.79 Å². The van der Waals surface area contributed by atoms with Gasteiger partial charge in [-0.15, -0.1) is 0 Å². The van der Waals surface area contributed by atoms with Crippen LogP contribution in [0, 0.1) is 5.92 Å². The van der Waals surface area contributed by atoms with Gasteiger partial charge in [0.2, 0.25) is 0 Å². The summed E-state index contributed by atoms with van der Waals surface area (Å²) in [6, 6.07) is 7.61. The highest BCUT2D eigenvalue weighted by Crippen LogP contribution is 2.32. The van der Waals surface area contributed by atoms with E-state index in [1.165, 1.54) is 19.3 Å². The van der Waals surface area contributed by atoms with Gasteiger partial charge in [-0.1, -0.05) is 68.0 Å². The summed E-state index contributed by atoms with van der Waals surface area (Å²) in [4.78, 5) is 12.8. The van der Waals surface area contributed by atoms with Crippen molar-refractivity contribution in [1.29, 1.82) is 0 Å². The van der Waals surface area contributed by atoms with Crippen molar-refractivity contribution < 1.29 is 9.53 Å². The molecule has 1 atom stereocenters. The Morgan fingerprint density at radius 3 is 2.38 bits per heavy atom. The number of hydrogen-bond donors (Lipinski definition) is 1. The lowest BCUT2D eigenvalue weighted by Crippen LogP contribution is -2.52. The molecule has 4 heteroatoms. The molecule has 144 valence electrons. The summed E-state index contributed by atoms with van der Waals surface area (Å²) in [5.74, 6) is 0.210. The lowest BCUT2D eigenvalue weighted by molar-refractivity contribution is -0.162. The van der Waals surface area contributed by atoms with Crippen molar-refractivity contribution in [2.45, 2.75) is 76.9 Å². The average Bonchev–Trinajstić information content (AvgIpc) is 2.56. The zero-order valence-corrected chi connectivity index (χ0v) is 17.0. The predicted molar refractivity (Wildman–Crippen MR) is 109 cm³/mol. The van der Waals surface area contributed by atoms with Crippen LogP contribution in [0.5, 0.6) is 0 Å². The van der Waals surface area contributed by atoms with Crippen LogP contribution in [0.4, 0.5) is 0 Å². The van der Waals surface area contributed by atoms with E-state index in [0.717, 1.165) is 18.4 Å². The Labute approximate surface area is 162 Å². The van der Waals surface area contributed by atoms with Crippen molar-refractivity contribution in [1.82, 2.24) is 0 Å². The number of benzene rings is 1. The molecule has 2 rings (SSSR count). The molecular weight excluding hydrogens is 346 g/mol. The van der Waals surface area contributed by atoms with Gasteiger partial charge in [0.25, 0.3) is 0 Å². The highest BCUT2D eigenvalue weighted by molar-refractivity contribution is 6.30. The molecule has 0 heterocycles. The summed E-state index contributed by atoms with van der Waals surface area (Å²) < 4.78 is 5.65. The number of nitrogens with two attached hydrogens (primary N) is 1. The molecule has 0 spiro atoms. The molecule has 0 saturated heterocycles. The normalized spacial score (nSPS) is 18.7. The fraction of sp³-hybridized carbons (Fsp3) is 0.591. The van der Waals surface area contributed by atoms with Gasteiger partial charge in [0.1, 0.15) is 11.1 Å². The van der Waals surface area contributed by atoms with Crippen LogP contribution in [-0.2, 0) is 9.53 Å². The van der Waals surface area contributed by atoms with Crippen LogP contribution in [-0.4, -0.2) is 17.1 Å². The molecule has 1 aromatic rings. The SMILES string of the molecule is CC(C)(C)OC(=O)C(N)(C/C=C/c1ccc(Cl)cc1)CC1CCCCC1. The van der Waals surface area contributed by atoms with Crippen molar-refractivity contribution in [3.63, 3.8) is 0 Å². The zero-order chi connectivity index (χ0) is 19.2. The molecular formula is C22H32ClNO2. The highest BCUT2D eigenvalue weighted by atomic mass is 35.5. The summed E-state index contributed by atoms with van der Waals surface area (Å²) >= 11 is 5.92. The maximum Gasteiger partial charge on any atom is 0.326 e. The number of halogens is 1. The second-order valence-electron chi connectivity index (χ2n) is 8.52. The number of ether oxygens (including phenoxy) is 1. The number of esters is 1. The lowest BCUT2D eigenvalue weighted by Gasteiger charge is -2.34. The minimum absolute atomic E-state index is 0.295. The third-order valence-electron chi connectivity index (χ3n) is 4.85. The quantitative estimate of drug-likeness (QED) is 0.642. The van der Waals surface area contributed by atoms with E-state index < -0.39 is 11.1 Å². The number of hydrogen-bond acceptors (Lipinski definition) is 3. The Hall–Kier alpha value is -1.32. The summed E-state index contributed by atoms with van der Waals surface area (Å²) in [7, 11) is 0. The van der Waals surface area contributed by atoms with Gasteiger partial charge in [0, 0.05) is 5.02 Å². The van der Waals surface area contributed by atoms with E-state index in [-0.39, 0.29) is 5.97 Å². The standard InChI is InChI=1S/C22H32ClNO2/c1-21(2,3)26-20(25)22(24,16-18-8-5-4-6-9-18)15-7-10-17-11-13-19(23)14-12-17/h7,10-14,18H,4-6,8-9,15-16,24H2,1-3H3/b10-7+. The molecule has 1 aliphatic carbocycles. The predicted octanol–water partition coefficient (Wildman–Crippen LogP) is 5.75. The van der Waals surface area contributed by atoms with Crippen molar-refractivity contribution in [3.8, 4) is 0 Å². The van der Waals surface area contributed by atoms with Gasteiger partial charge in [-0.25, -0.2) is 0 Å². The molecule has 0 radical (unpaired) electrons. The third kappa shape index (κ3) is 6.77. The Morgan fingerprint density at radius 1 is 1.19 bits per heavy atom. The van der Waals surface area contributed by atoms with Crippen LogP contribution in [0.1, 0.15) is 71.3 Å². The summed E-state index contributed by atoms with van der Waals surface area (Å²) in [5.41, 5.74) is 6.15. The monoisotopic (exact) mass is 377 g/mol. The number of carbonyl (C=O) groups excluding carboxylic acids is 1. The van der Waals surface area contributed by atoms with E-state index in [2.05, 4.69) is 0 Å². The molecule has 1 unspecified atom stereocenters. The molecule has 0 amide bonds. The molecule has 1 fully saturated rings. The molecule has 26 heavy (non-hydrogen) atoms. The van der Waals surface area contributed by atoms with Crippen LogP contribution >= 0.6 is 11.6 Å². The van der Waals surface area contributed by atoms with E-state index in [4.69, 9.17) is 22.1 Å². The minimum Gasteiger partial charge on any atom is -0.459 e. The molecule has 0 bridgehead atoms. The largest absolute Gasteiger partial charge is 0.459 e. The first-order valence-corrected chi connectivity index (χ1v) is 10.0. The lowest BCUT2D eigenvalue weighted by atomic mass is 9.78. The maximum absolute atomic E-state index is 12.8. The smallest absolute Gasteiger partial charge is 0.326 e. The van der Waals surface area contributed by atoms with Gasteiger partial charge in [0.15, 0.2) is 0 Å². The Bertz CT molecular complexity index is 612. The number of rotatable bonds is 6. The van der Waals surface area contributed by atoms with E-state index in [1.807, 2.05) is 57.2 Å². The third-order valence-corrected chi connectivity index (χ3v) is 5.10. The Balaban J connectivity index is 2.10. The fourth-order valence-corrected chi connectivity index (χ4v) is 3.64. The van der Waals surface area contributed by atoms with Gasteiger partial charge in [-0.2, -0.15) is 0 Å². The summed E-state index contributed by atoms with van der Waals surface area (Å²) in [6.07, 6.45) is 11.2. The molecule has 0 aliphatic heterocycles. The molecule has 2 N–H and O–H groups in total. The van der Waals surface area contributed by atoms with Gasteiger partial charge >= 0.3 is 5.97 Å². The van der Waals surface area contributed by atoms with Crippen LogP contribution in [0.2, 0.25) is 5.02 Å². The first-order chi connectivity index (χ1) is 12.2. The maximum atomic E-state index is 12.8. The van der Waals surface area contributed by atoms with Gasteiger partial charge < -0.3 is 10.5 Å². The number of carbonyl (C=O) groups is 1. The van der Waals surface area contributed by atoms with E-state index in [0.29, 0.717) is 23.8 Å². The minimum atomic E-state index is -0.974. The highest BCUT2D eigenvalue weighted by Gasteiger charge is 2.39. The average molecular weight is 378 g/mol. The first kappa shape index (κ1) is 21.0. The molecule has 0 aromatic heterocycles. The van der Waals surface area contributed by atoms with E-state index >= 15 is 0 Å². The Morgan fingerprint density at radius 2 is 1.81 bits per heavy atom. The molecule has 1 aromatic carbocycles. The van der Waals surface area contributed by atoms with E-state index in [9.17, 15) is 4.79 Å². The van der Waals surface area contributed by atoms with Gasteiger partial charge in [0.05, 0.1) is 0 Å². The van der Waals surface area contributed by atoms with Gasteiger partial charge in [-0.05, 0) is 57.2 Å². The first-order valence-electron chi connectivity index (χ1n) is 9.62. The van der Waals surface area contributed by atoms with E-state index in [1.54, 1.807) is 0 Å². The van der Waals surface area contributed by atoms with Crippen molar-refractivity contribution in [2.75, 3.05) is 0 Å². The second kappa shape index (κ2) is 9.05. The molecule has 1 aliphatic rings. The second-order valence-corrected chi connectivity index (χ2v) is 8.96. The van der Waals surface area contributed by atoms with Crippen LogP contribution in [0.3, 0.4) is 0 Å². The van der Waals surface area contributed by atoms with Crippen molar-refractivity contribution in [2.24, 2.45) is 11.7 Å². The van der Waals surface area contributed by atoms with Crippen LogP contribution in [0.15, 0.2) is 30.3 Å². The van der Waals surface area contributed by atoms with Crippen LogP contribution < -0.4 is 5.73 Å². The summed E-state index contributed by atoms with van der Waals surface area (Å²) in [6.45, 7) is 5.65. The topological polar surface area (TPSA) is 52.3 Å². The molecule has 1 saturated carbocycles.